The monoisotopic (exact) mass is 358 g/mol. The molecule has 0 saturated heterocycles. The lowest BCUT2D eigenvalue weighted by Gasteiger charge is -2.12. The van der Waals surface area contributed by atoms with E-state index in [-0.39, 0.29) is 10.8 Å². The van der Waals surface area contributed by atoms with Crippen LogP contribution in [0.4, 0.5) is 15.8 Å². The second-order valence-corrected chi connectivity index (χ2v) is 5.54. The Morgan fingerprint density at radius 2 is 2.00 bits per heavy atom. The van der Waals surface area contributed by atoms with Crippen molar-refractivity contribution in [1.29, 1.82) is 0 Å². The van der Waals surface area contributed by atoms with Crippen LogP contribution < -0.4 is 11.1 Å². The van der Waals surface area contributed by atoms with Gasteiger partial charge in [0.2, 0.25) is 0 Å². The van der Waals surface area contributed by atoms with E-state index in [0.29, 0.717) is 26.4 Å². The molecule has 19 heavy (non-hydrogen) atoms. The molecular weight excluding hydrogens is 351 g/mol. The molecule has 2 aromatic carbocycles. The highest BCUT2D eigenvalue weighted by atomic mass is 79.9. The fourth-order valence-electron chi connectivity index (χ4n) is 1.56. The van der Waals surface area contributed by atoms with Gasteiger partial charge in [-0.2, -0.15) is 0 Å². The molecule has 0 fully saturated rings. The summed E-state index contributed by atoms with van der Waals surface area (Å²) in [6.45, 7) is 0. The van der Waals surface area contributed by atoms with E-state index in [4.69, 9.17) is 29.6 Å². The van der Waals surface area contributed by atoms with E-state index in [1.165, 1.54) is 6.07 Å². The van der Waals surface area contributed by atoms with Crippen molar-refractivity contribution in [1.82, 2.24) is 0 Å². The lowest BCUT2D eigenvalue weighted by molar-refractivity contribution is 0.622. The highest BCUT2D eigenvalue weighted by Crippen LogP contribution is 2.27. The van der Waals surface area contributed by atoms with E-state index < -0.39 is 0 Å². The zero-order valence-electron chi connectivity index (χ0n) is 9.58. The zero-order chi connectivity index (χ0) is 14.0. The number of hydrogen-bond donors (Lipinski definition) is 2. The molecule has 0 bridgehead atoms. The van der Waals surface area contributed by atoms with Gasteiger partial charge in [0.05, 0.1) is 10.2 Å². The average molecular weight is 360 g/mol. The summed E-state index contributed by atoms with van der Waals surface area (Å²) in [5.41, 5.74) is 7.52. The van der Waals surface area contributed by atoms with Crippen LogP contribution in [-0.2, 0) is 0 Å². The maximum atomic E-state index is 13.5. The molecule has 0 saturated carbocycles. The van der Waals surface area contributed by atoms with Crippen LogP contribution in [0.5, 0.6) is 0 Å². The van der Waals surface area contributed by atoms with Gasteiger partial charge in [-0.1, -0.05) is 23.8 Å². The number of rotatable bonds is 3. The Kier molecular flexibility index (Phi) is 4.39. The summed E-state index contributed by atoms with van der Waals surface area (Å²) >= 11 is 14.0. The Morgan fingerprint density at radius 3 is 2.63 bits per heavy atom. The average Bonchev–Trinajstić information content (AvgIpc) is 2.33. The van der Waals surface area contributed by atoms with Crippen LogP contribution in [0.25, 0.3) is 0 Å². The van der Waals surface area contributed by atoms with Crippen LogP contribution in [0, 0.1) is 5.82 Å². The molecule has 6 heteroatoms. The second kappa shape index (κ2) is 5.86. The lowest BCUT2D eigenvalue weighted by atomic mass is 10.1. The first-order chi connectivity index (χ1) is 8.97. The van der Waals surface area contributed by atoms with E-state index in [0.717, 1.165) is 0 Å². The van der Waals surface area contributed by atoms with E-state index in [9.17, 15) is 4.39 Å². The van der Waals surface area contributed by atoms with Gasteiger partial charge in [0.15, 0.2) is 0 Å². The largest absolute Gasteiger partial charge is 0.389 e. The van der Waals surface area contributed by atoms with Crippen molar-refractivity contribution in [3.63, 3.8) is 0 Å². The third-order valence-corrected chi connectivity index (χ3v) is 3.54. The van der Waals surface area contributed by atoms with Crippen LogP contribution >= 0.6 is 39.7 Å². The van der Waals surface area contributed by atoms with Gasteiger partial charge in [-0.05, 0) is 52.3 Å². The van der Waals surface area contributed by atoms with Crippen molar-refractivity contribution >= 4 is 56.1 Å². The summed E-state index contributed by atoms with van der Waals surface area (Å²) in [5, 5.41) is 3.59. The normalized spacial score (nSPS) is 10.3. The SMILES string of the molecule is NC(=S)c1ccc(Cl)cc1Nc1ccc(Br)c(F)c1. The van der Waals surface area contributed by atoms with Gasteiger partial charge in [0.1, 0.15) is 10.8 Å². The molecule has 0 aliphatic carbocycles. The molecule has 2 aromatic rings. The van der Waals surface area contributed by atoms with Crippen molar-refractivity contribution < 1.29 is 4.39 Å². The van der Waals surface area contributed by atoms with Gasteiger partial charge in [-0.3, -0.25) is 0 Å². The molecule has 2 rings (SSSR count). The predicted octanol–water partition coefficient (Wildman–Crippen LogP) is 4.62. The van der Waals surface area contributed by atoms with Gasteiger partial charge in [0.25, 0.3) is 0 Å². The second-order valence-electron chi connectivity index (χ2n) is 3.81. The maximum absolute atomic E-state index is 13.5. The summed E-state index contributed by atoms with van der Waals surface area (Å²) in [6.07, 6.45) is 0. The van der Waals surface area contributed by atoms with Crippen molar-refractivity contribution in [2.45, 2.75) is 0 Å². The molecule has 0 aromatic heterocycles. The third kappa shape index (κ3) is 3.43. The van der Waals surface area contributed by atoms with Gasteiger partial charge in [-0.25, -0.2) is 4.39 Å². The number of benzene rings is 2. The predicted molar refractivity (Wildman–Crippen MR) is 84.7 cm³/mol. The topological polar surface area (TPSA) is 38.0 Å². The molecule has 2 nitrogen and oxygen atoms in total. The minimum atomic E-state index is -0.357. The molecule has 3 N–H and O–H groups in total. The van der Waals surface area contributed by atoms with Crippen LogP contribution in [0.2, 0.25) is 5.02 Å². The molecule has 0 atom stereocenters. The standard InChI is InChI=1S/C13H9BrClFN2S/c14-10-4-2-8(6-11(10)16)18-12-5-7(15)1-3-9(12)13(17)19/h1-6,18H,(H2,17,19). The number of nitrogens with two attached hydrogens (primary N) is 1. The Labute approximate surface area is 128 Å². The van der Waals surface area contributed by atoms with Gasteiger partial charge < -0.3 is 11.1 Å². The molecule has 0 radical (unpaired) electrons. The summed E-state index contributed by atoms with van der Waals surface area (Å²) in [6, 6.07) is 9.83. The Morgan fingerprint density at radius 1 is 1.26 bits per heavy atom. The first-order valence-corrected chi connectivity index (χ1v) is 6.87. The molecule has 0 aliphatic heterocycles. The Hall–Kier alpha value is -1.17. The first kappa shape index (κ1) is 14.2. The maximum Gasteiger partial charge on any atom is 0.139 e. The number of anilines is 2. The fraction of sp³-hybridized carbons (Fsp3) is 0. The smallest absolute Gasteiger partial charge is 0.139 e. The Balaban J connectivity index is 2.39. The quantitative estimate of drug-likeness (QED) is 0.785. The molecule has 0 unspecified atom stereocenters. The van der Waals surface area contributed by atoms with Crippen LogP contribution in [0.1, 0.15) is 5.56 Å². The summed E-state index contributed by atoms with van der Waals surface area (Å²) in [5.74, 6) is -0.357. The van der Waals surface area contributed by atoms with E-state index >= 15 is 0 Å². The van der Waals surface area contributed by atoms with Gasteiger partial charge >= 0.3 is 0 Å². The van der Waals surface area contributed by atoms with Gasteiger partial charge in [0, 0.05) is 16.3 Å². The molecule has 0 aliphatic rings. The molecule has 0 heterocycles. The lowest BCUT2D eigenvalue weighted by Crippen LogP contribution is -2.11. The minimum Gasteiger partial charge on any atom is -0.389 e. The number of thiocarbonyl (C=S) groups is 1. The van der Waals surface area contributed by atoms with E-state index in [1.54, 1.807) is 30.3 Å². The number of hydrogen-bond acceptors (Lipinski definition) is 2. The van der Waals surface area contributed by atoms with Crippen molar-refractivity contribution in [2.75, 3.05) is 5.32 Å². The molecule has 0 amide bonds. The van der Waals surface area contributed by atoms with Crippen LogP contribution in [0.3, 0.4) is 0 Å². The van der Waals surface area contributed by atoms with Crippen LogP contribution in [-0.4, -0.2) is 4.99 Å². The fourth-order valence-corrected chi connectivity index (χ4v) is 2.16. The van der Waals surface area contributed by atoms with Crippen LogP contribution in [0.15, 0.2) is 40.9 Å². The van der Waals surface area contributed by atoms with Crippen molar-refractivity contribution in [3.8, 4) is 0 Å². The Bertz CT molecular complexity index is 649. The van der Waals surface area contributed by atoms with Gasteiger partial charge in [-0.15, -0.1) is 0 Å². The zero-order valence-corrected chi connectivity index (χ0v) is 12.7. The third-order valence-electron chi connectivity index (χ3n) is 2.45. The van der Waals surface area contributed by atoms with E-state index in [2.05, 4.69) is 21.2 Å². The highest BCUT2D eigenvalue weighted by Gasteiger charge is 2.08. The number of nitrogens with one attached hydrogen (secondary N) is 1. The van der Waals surface area contributed by atoms with Crippen molar-refractivity contribution in [3.05, 3.63) is 57.3 Å². The summed E-state index contributed by atoms with van der Waals surface area (Å²) in [4.78, 5) is 0.247. The molecule has 0 spiro atoms. The first-order valence-electron chi connectivity index (χ1n) is 5.29. The number of halogens is 3. The van der Waals surface area contributed by atoms with E-state index in [1.807, 2.05) is 0 Å². The summed E-state index contributed by atoms with van der Waals surface area (Å²) < 4.78 is 13.9. The van der Waals surface area contributed by atoms with Crippen molar-refractivity contribution in [2.24, 2.45) is 5.73 Å². The summed E-state index contributed by atoms with van der Waals surface area (Å²) in [7, 11) is 0. The molecular formula is C13H9BrClFN2S. The highest BCUT2D eigenvalue weighted by molar-refractivity contribution is 9.10. The molecule has 98 valence electrons. The minimum absolute atomic E-state index is 0.247.